The van der Waals surface area contributed by atoms with Gasteiger partial charge in [0.2, 0.25) is 5.91 Å². The van der Waals surface area contributed by atoms with E-state index < -0.39 is 35.3 Å². The average molecular weight is 322 g/mol. The molecule has 2 aromatic carbocycles. The molecule has 7 heteroatoms. The van der Waals surface area contributed by atoms with Crippen molar-refractivity contribution in [1.29, 1.82) is 0 Å². The quantitative estimate of drug-likeness (QED) is 0.909. The molecule has 0 spiro atoms. The van der Waals surface area contributed by atoms with Crippen LogP contribution in [0.2, 0.25) is 0 Å². The molecule has 0 radical (unpaired) electrons. The van der Waals surface area contributed by atoms with Gasteiger partial charge in [0.15, 0.2) is 0 Å². The molecule has 1 atom stereocenters. The number of nitrogens with one attached hydrogen (secondary N) is 2. The van der Waals surface area contributed by atoms with Crippen molar-refractivity contribution in [3.05, 3.63) is 65.5 Å². The summed E-state index contributed by atoms with van der Waals surface area (Å²) in [6.07, 6.45) is 0. The molecule has 23 heavy (non-hydrogen) atoms. The van der Waals surface area contributed by atoms with Crippen LogP contribution in [0.4, 0.5) is 18.9 Å². The van der Waals surface area contributed by atoms with E-state index in [1.807, 2.05) is 0 Å². The van der Waals surface area contributed by atoms with E-state index in [1.165, 1.54) is 25.1 Å². The summed E-state index contributed by atoms with van der Waals surface area (Å²) in [4.78, 5) is 23.8. The second kappa shape index (κ2) is 6.95. The van der Waals surface area contributed by atoms with Crippen molar-refractivity contribution in [3.63, 3.8) is 0 Å². The number of rotatable bonds is 4. The highest BCUT2D eigenvalue weighted by Crippen LogP contribution is 2.15. The monoisotopic (exact) mass is 322 g/mol. The molecule has 120 valence electrons. The lowest BCUT2D eigenvalue weighted by Gasteiger charge is -2.14. The van der Waals surface area contributed by atoms with E-state index in [-0.39, 0.29) is 11.3 Å². The lowest BCUT2D eigenvalue weighted by molar-refractivity contribution is -0.117. The average Bonchev–Trinajstić information content (AvgIpc) is 2.49. The first kappa shape index (κ1) is 16.5. The van der Waals surface area contributed by atoms with Gasteiger partial charge in [-0.3, -0.25) is 9.59 Å². The molecule has 2 rings (SSSR count). The van der Waals surface area contributed by atoms with Gasteiger partial charge in [0, 0.05) is 11.6 Å². The predicted octanol–water partition coefficient (Wildman–Crippen LogP) is 2.86. The Morgan fingerprint density at radius 1 is 1.00 bits per heavy atom. The van der Waals surface area contributed by atoms with Crippen LogP contribution >= 0.6 is 0 Å². The van der Waals surface area contributed by atoms with Crippen LogP contribution < -0.4 is 10.6 Å². The van der Waals surface area contributed by atoms with Gasteiger partial charge in [0.25, 0.3) is 5.91 Å². The summed E-state index contributed by atoms with van der Waals surface area (Å²) < 4.78 is 39.3. The standard InChI is InChI=1S/C16H13F3N2O2/c1-9(20-16(23)10-3-2-4-11(17)7-10)15(22)21-14-6-5-12(18)8-13(14)19/h2-9H,1H3,(H,20,23)(H,21,22)/t9-/m1/s1. The van der Waals surface area contributed by atoms with Crippen LogP contribution in [0, 0.1) is 17.5 Å². The number of carbonyl (C=O) groups is 2. The molecule has 2 amide bonds. The number of amides is 2. The van der Waals surface area contributed by atoms with Gasteiger partial charge in [-0.25, -0.2) is 13.2 Å². The van der Waals surface area contributed by atoms with Crippen molar-refractivity contribution in [2.75, 3.05) is 5.32 Å². The summed E-state index contributed by atoms with van der Waals surface area (Å²) in [5.41, 5.74) is -0.152. The normalized spacial score (nSPS) is 11.7. The highest BCUT2D eigenvalue weighted by Gasteiger charge is 2.18. The molecule has 0 aliphatic rings. The molecule has 0 saturated heterocycles. The first-order valence-electron chi connectivity index (χ1n) is 6.69. The van der Waals surface area contributed by atoms with Gasteiger partial charge >= 0.3 is 0 Å². The second-order valence-electron chi connectivity index (χ2n) is 4.82. The summed E-state index contributed by atoms with van der Waals surface area (Å²) in [6.45, 7) is 1.38. The van der Waals surface area contributed by atoms with E-state index in [0.717, 1.165) is 18.2 Å². The van der Waals surface area contributed by atoms with Crippen LogP contribution in [0.5, 0.6) is 0 Å². The predicted molar refractivity (Wildman–Crippen MR) is 78.3 cm³/mol. The molecule has 0 aromatic heterocycles. The van der Waals surface area contributed by atoms with Crippen LogP contribution in [-0.2, 0) is 4.79 Å². The van der Waals surface area contributed by atoms with Crippen molar-refractivity contribution in [2.24, 2.45) is 0 Å². The molecular weight excluding hydrogens is 309 g/mol. The molecule has 0 bridgehead atoms. The largest absolute Gasteiger partial charge is 0.341 e. The van der Waals surface area contributed by atoms with E-state index in [9.17, 15) is 22.8 Å². The fourth-order valence-electron chi connectivity index (χ4n) is 1.81. The number of carbonyl (C=O) groups excluding carboxylic acids is 2. The Balaban J connectivity index is 2.01. The van der Waals surface area contributed by atoms with E-state index in [0.29, 0.717) is 6.07 Å². The third-order valence-corrected chi connectivity index (χ3v) is 3.02. The molecule has 2 N–H and O–H groups in total. The number of hydrogen-bond acceptors (Lipinski definition) is 2. The second-order valence-corrected chi connectivity index (χ2v) is 4.82. The minimum absolute atomic E-state index is 0.0533. The number of benzene rings is 2. The minimum atomic E-state index is -1.00. The summed E-state index contributed by atoms with van der Waals surface area (Å²) in [5, 5.41) is 4.60. The molecular formula is C16H13F3N2O2. The highest BCUT2D eigenvalue weighted by molar-refractivity contribution is 6.00. The van der Waals surface area contributed by atoms with Crippen molar-refractivity contribution in [2.45, 2.75) is 13.0 Å². The Kier molecular flexibility index (Phi) is 5.00. The fraction of sp³-hybridized carbons (Fsp3) is 0.125. The van der Waals surface area contributed by atoms with Gasteiger partial charge < -0.3 is 10.6 Å². The van der Waals surface area contributed by atoms with Gasteiger partial charge in [-0.1, -0.05) is 6.07 Å². The van der Waals surface area contributed by atoms with Crippen LogP contribution in [-0.4, -0.2) is 17.9 Å². The topological polar surface area (TPSA) is 58.2 Å². The zero-order valence-corrected chi connectivity index (χ0v) is 12.1. The van der Waals surface area contributed by atoms with E-state index in [2.05, 4.69) is 10.6 Å². The zero-order valence-electron chi connectivity index (χ0n) is 12.1. The lowest BCUT2D eigenvalue weighted by Crippen LogP contribution is -2.41. The van der Waals surface area contributed by atoms with E-state index in [4.69, 9.17) is 0 Å². The third kappa shape index (κ3) is 4.32. The molecule has 0 unspecified atom stereocenters. The van der Waals surface area contributed by atoms with Crippen molar-refractivity contribution in [1.82, 2.24) is 5.32 Å². The molecule has 4 nitrogen and oxygen atoms in total. The highest BCUT2D eigenvalue weighted by atomic mass is 19.1. The summed E-state index contributed by atoms with van der Waals surface area (Å²) in [7, 11) is 0. The number of hydrogen-bond donors (Lipinski definition) is 2. The van der Waals surface area contributed by atoms with Gasteiger partial charge in [-0.05, 0) is 37.3 Å². The van der Waals surface area contributed by atoms with Gasteiger partial charge in [-0.15, -0.1) is 0 Å². The zero-order chi connectivity index (χ0) is 17.0. The fourth-order valence-corrected chi connectivity index (χ4v) is 1.81. The van der Waals surface area contributed by atoms with Gasteiger partial charge in [0.05, 0.1) is 5.69 Å². The van der Waals surface area contributed by atoms with Gasteiger partial charge in [-0.2, -0.15) is 0 Å². The molecule has 0 aliphatic heterocycles. The maximum absolute atomic E-state index is 13.5. The molecule has 0 saturated carbocycles. The van der Waals surface area contributed by atoms with Crippen molar-refractivity contribution in [3.8, 4) is 0 Å². The van der Waals surface area contributed by atoms with E-state index >= 15 is 0 Å². The first-order valence-corrected chi connectivity index (χ1v) is 6.69. The molecule has 0 heterocycles. The van der Waals surface area contributed by atoms with Crippen LogP contribution in [0.1, 0.15) is 17.3 Å². The third-order valence-electron chi connectivity index (χ3n) is 3.02. The Morgan fingerprint density at radius 2 is 1.70 bits per heavy atom. The Bertz CT molecular complexity index is 750. The first-order chi connectivity index (χ1) is 10.9. The van der Waals surface area contributed by atoms with E-state index in [1.54, 1.807) is 0 Å². The maximum Gasteiger partial charge on any atom is 0.252 e. The Labute approximate surface area is 130 Å². The minimum Gasteiger partial charge on any atom is -0.341 e. The van der Waals surface area contributed by atoms with Crippen LogP contribution in [0.15, 0.2) is 42.5 Å². The Morgan fingerprint density at radius 3 is 2.35 bits per heavy atom. The molecule has 0 aliphatic carbocycles. The van der Waals surface area contributed by atoms with Crippen LogP contribution in [0.25, 0.3) is 0 Å². The summed E-state index contributed by atoms with van der Waals surface area (Å²) in [5.74, 6) is -3.62. The molecule has 0 fully saturated rings. The lowest BCUT2D eigenvalue weighted by atomic mass is 10.2. The summed E-state index contributed by atoms with van der Waals surface area (Å²) in [6, 6.07) is 6.66. The van der Waals surface area contributed by atoms with Gasteiger partial charge in [0.1, 0.15) is 23.5 Å². The number of halogens is 3. The maximum atomic E-state index is 13.5. The Hall–Kier alpha value is -2.83. The molecule has 2 aromatic rings. The smallest absolute Gasteiger partial charge is 0.252 e. The van der Waals surface area contributed by atoms with Crippen LogP contribution in [0.3, 0.4) is 0 Å². The number of anilines is 1. The van der Waals surface area contributed by atoms with Crippen molar-refractivity contribution < 1.29 is 22.8 Å². The van der Waals surface area contributed by atoms with Crippen molar-refractivity contribution >= 4 is 17.5 Å². The SMILES string of the molecule is C[C@@H](NC(=O)c1cccc(F)c1)C(=O)Nc1ccc(F)cc1F. The summed E-state index contributed by atoms with van der Waals surface area (Å²) >= 11 is 0.